The van der Waals surface area contributed by atoms with Crippen LogP contribution < -0.4 is 16.3 Å². The van der Waals surface area contributed by atoms with E-state index in [1.807, 2.05) is 91.1 Å². The zero-order valence-electron chi connectivity index (χ0n) is 22.6. The molecule has 6 rings (SSSR count). The molecule has 9 heteroatoms. The van der Waals surface area contributed by atoms with Gasteiger partial charge in [0.1, 0.15) is 0 Å². The maximum atomic E-state index is 12.7. The van der Waals surface area contributed by atoms with E-state index in [2.05, 4.69) is 0 Å². The number of nitrogens with zero attached hydrogens (tertiary/aromatic N) is 3. The van der Waals surface area contributed by atoms with E-state index in [0.717, 1.165) is 16.3 Å². The van der Waals surface area contributed by atoms with Crippen LogP contribution in [0, 0.1) is 35.6 Å². The van der Waals surface area contributed by atoms with E-state index in [-0.39, 0.29) is 58.4 Å². The fourth-order valence-corrected chi connectivity index (χ4v) is 6.79. The van der Waals surface area contributed by atoms with Gasteiger partial charge in [0.2, 0.25) is 0 Å². The van der Waals surface area contributed by atoms with Gasteiger partial charge in [-0.25, -0.2) is 15.0 Å². The standard InChI is InChI=1S/C33H24N3O3P.La.HO/c37-28-16-4-1-10-22(28)25-13-7-19-31(34-25)40(32-20-8-14-26(35-32)23-11-2-5-17-29(23)38)33-21-9-15-27(36-33)24-12-3-6-18-30(24)39;;/h1-15,19-21H,16-18H2;;1H. The van der Waals surface area contributed by atoms with Gasteiger partial charge in [-0.1, -0.05) is 54.7 Å². The summed E-state index contributed by atoms with van der Waals surface area (Å²) in [4.78, 5) is 52.8. The van der Waals surface area contributed by atoms with Crippen molar-refractivity contribution in [1.29, 1.82) is 0 Å². The molecule has 42 heavy (non-hydrogen) atoms. The molecular formula is C33H25LaN3O4P. The Kier molecular flexibility index (Phi) is 10.5. The molecule has 0 saturated carbocycles. The van der Waals surface area contributed by atoms with Crippen molar-refractivity contribution in [3.05, 3.63) is 126 Å². The number of ketones is 3. The number of pyridine rings is 3. The SMILES string of the molecule is O=C1CC=CC=C1c1cccc(P(c2cccc(C3=CC=CCC3=O)n2)c2cccc(C3=CC=CCC3=O)n2)n1.[La].[OH]. The van der Waals surface area contributed by atoms with Gasteiger partial charge < -0.3 is 0 Å². The van der Waals surface area contributed by atoms with Crippen molar-refractivity contribution in [2.45, 2.75) is 19.3 Å². The van der Waals surface area contributed by atoms with Gasteiger partial charge in [0, 0.05) is 79.5 Å². The average Bonchev–Trinajstić information content (AvgIpc) is 2.99. The van der Waals surface area contributed by atoms with Crippen molar-refractivity contribution in [3.63, 3.8) is 0 Å². The predicted octanol–water partition coefficient (Wildman–Crippen LogP) is 4.19. The van der Waals surface area contributed by atoms with Crippen molar-refractivity contribution >= 4 is 58.3 Å². The molecule has 0 unspecified atom stereocenters. The number of rotatable bonds is 6. The summed E-state index contributed by atoms with van der Waals surface area (Å²) < 4.78 is 0. The van der Waals surface area contributed by atoms with Crippen LogP contribution in [0.2, 0.25) is 0 Å². The van der Waals surface area contributed by atoms with Crippen LogP contribution in [0.25, 0.3) is 16.7 Å². The van der Waals surface area contributed by atoms with Gasteiger partial charge in [-0.3, -0.25) is 19.9 Å². The molecule has 3 heterocycles. The zero-order chi connectivity index (χ0) is 27.5. The second-order valence-corrected chi connectivity index (χ2v) is 11.4. The van der Waals surface area contributed by atoms with Gasteiger partial charge >= 0.3 is 0 Å². The number of hydrogen-bond acceptors (Lipinski definition) is 6. The minimum Gasteiger partial charge on any atom is -0.294 e. The number of carbonyl (C=O) groups excluding carboxylic acids is 3. The molecule has 0 aromatic carbocycles. The molecule has 0 bridgehead atoms. The molecule has 3 aromatic heterocycles. The predicted molar refractivity (Wildman–Crippen MR) is 161 cm³/mol. The molecule has 0 aliphatic heterocycles. The number of allylic oxidation sites excluding steroid dienone is 12. The van der Waals surface area contributed by atoms with E-state index >= 15 is 0 Å². The molecule has 2 radical (unpaired) electrons. The molecule has 204 valence electrons. The third-order valence-corrected chi connectivity index (χ3v) is 8.85. The molecule has 3 aromatic rings. The van der Waals surface area contributed by atoms with Crippen LogP contribution in [-0.2, 0) is 14.4 Å². The monoisotopic (exact) mass is 697 g/mol. The first-order chi connectivity index (χ1) is 19.6. The number of aromatic nitrogens is 3. The van der Waals surface area contributed by atoms with E-state index in [1.54, 1.807) is 18.2 Å². The number of hydrogen-bond donors (Lipinski definition) is 1. The van der Waals surface area contributed by atoms with Crippen molar-refractivity contribution in [1.82, 2.24) is 15.0 Å². The summed E-state index contributed by atoms with van der Waals surface area (Å²) in [7, 11) is -1.40. The van der Waals surface area contributed by atoms with Crippen LogP contribution in [0.1, 0.15) is 36.3 Å². The smallest absolute Gasteiger partial charge is 0.168 e. The van der Waals surface area contributed by atoms with Crippen molar-refractivity contribution in [2.75, 3.05) is 0 Å². The van der Waals surface area contributed by atoms with Gasteiger partial charge in [-0.05, 0) is 54.6 Å². The fraction of sp³-hybridized carbons (Fsp3) is 0.0909. The third kappa shape index (κ3) is 6.59. The van der Waals surface area contributed by atoms with E-state index in [4.69, 9.17) is 15.0 Å². The number of carbonyl (C=O) groups is 3. The largest absolute Gasteiger partial charge is 0.294 e. The Morgan fingerprint density at radius 1 is 0.500 bits per heavy atom. The van der Waals surface area contributed by atoms with Crippen molar-refractivity contribution < 1.29 is 55.5 Å². The Hall–Kier alpha value is -3.52. The minimum atomic E-state index is -1.40. The fourth-order valence-electron chi connectivity index (χ4n) is 4.76. The zero-order valence-corrected chi connectivity index (χ0v) is 27.1. The maximum Gasteiger partial charge on any atom is 0.168 e. The van der Waals surface area contributed by atoms with Crippen molar-refractivity contribution in [2.24, 2.45) is 0 Å². The Labute approximate surface area is 272 Å². The molecule has 3 aliphatic rings. The second-order valence-electron chi connectivity index (χ2n) is 9.39. The van der Waals surface area contributed by atoms with Crippen LogP contribution >= 0.6 is 7.92 Å². The molecule has 0 amide bonds. The molecule has 7 nitrogen and oxygen atoms in total. The van der Waals surface area contributed by atoms with Gasteiger partial charge in [-0.15, -0.1) is 0 Å². The summed E-state index contributed by atoms with van der Waals surface area (Å²) in [6.07, 6.45) is 17.5. The molecule has 0 atom stereocenters. The molecule has 0 saturated heterocycles. The van der Waals surface area contributed by atoms with Crippen LogP contribution in [0.4, 0.5) is 0 Å². The Morgan fingerprint density at radius 3 is 1.10 bits per heavy atom. The quantitative estimate of drug-likeness (QED) is 0.386. The normalized spacial score (nSPS) is 15.9. The minimum absolute atomic E-state index is 0. The maximum absolute atomic E-state index is 12.7. The van der Waals surface area contributed by atoms with Gasteiger partial charge in [0.15, 0.2) is 17.3 Å². The van der Waals surface area contributed by atoms with Crippen LogP contribution in [-0.4, -0.2) is 37.8 Å². The summed E-state index contributed by atoms with van der Waals surface area (Å²) in [5.74, 6) is 0.0509. The van der Waals surface area contributed by atoms with Gasteiger partial charge in [-0.2, -0.15) is 0 Å². The Bertz CT molecular complexity index is 1550. The van der Waals surface area contributed by atoms with E-state index in [9.17, 15) is 14.4 Å². The first-order valence-electron chi connectivity index (χ1n) is 13.0. The first-order valence-corrected chi connectivity index (χ1v) is 14.3. The van der Waals surface area contributed by atoms with E-state index in [0.29, 0.717) is 53.1 Å². The van der Waals surface area contributed by atoms with E-state index < -0.39 is 7.92 Å². The van der Waals surface area contributed by atoms with Gasteiger partial charge in [0.25, 0.3) is 0 Å². The molecular weight excluding hydrogens is 672 g/mol. The summed E-state index contributed by atoms with van der Waals surface area (Å²) in [5, 5.41) is 0. The summed E-state index contributed by atoms with van der Waals surface area (Å²) in [6, 6.07) is 16.9. The topological polar surface area (TPSA) is 120 Å². The Morgan fingerprint density at radius 2 is 0.810 bits per heavy atom. The first kappa shape index (κ1) is 31.4. The summed E-state index contributed by atoms with van der Waals surface area (Å²) >= 11 is 0. The molecule has 0 fully saturated rings. The van der Waals surface area contributed by atoms with Crippen LogP contribution in [0.5, 0.6) is 0 Å². The average molecular weight is 697 g/mol. The van der Waals surface area contributed by atoms with Crippen molar-refractivity contribution in [3.8, 4) is 0 Å². The van der Waals surface area contributed by atoms with Crippen LogP contribution in [0.3, 0.4) is 0 Å². The molecule has 0 spiro atoms. The molecule has 1 N–H and O–H groups in total. The van der Waals surface area contributed by atoms with Crippen LogP contribution in [0.15, 0.2) is 109 Å². The van der Waals surface area contributed by atoms with E-state index in [1.165, 1.54) is 0 Å². The number of Topliss-reactive ketones (excluding diaryl/α,β-unsaturated/α-hetero) is 3. The second kappa shape index (κ2) is 14.1. The van der Waals surface area contributed by atoms with Gasteiger partial charge in [0.05, 0.1) is 33.4 Å². The third-order valence-electron chi connectivity index (χ3n) is 6.73. The molecule has 3 aliphatic carbocycles. The Balaban J connectivity index is 0.00000202. The summed E-state index contributed by atoms with van der Waals surface area (Å²) in [5.41, 5.74) is 5.65. The summed E-state index contributed by atoms with van der Waals surface area (Å²) in [6.45, 7) is 0.